The van der Waals surface area contributed by atoms with Crippen LogP contribution in [0, 0.1) is 5.92 Å². The molecule has 1 amide bonds. The standard InChI is InChI=1S/C16H29NO7/c1-15(2,3)24-14(19)17-7-9(8-18)10-11(20-6)12-13(21-10)23-16(4,5)22-12/h9-13,18H,7-8H2,1-6H3,(H,17,19)/t9-,10+,11-,12+,13+/m0/s1. The van der Waals surface area contributed by atoms with Crippen molar-refractivity contribution in [1.82, 2.24) is 5.32 Å². The zero-order chi connectivity index (χ0) is 18.1. The number of amides is 1. The number of carbonyl (C=O) groups excluding carboxylic acids is 1. The van der Waals surface area contributed by atoms with Crippen molar-refractivity contribution in [3.05, 3.63) is 0 Å². The molecule has 2 rings (SSSR count). The molecule has 0 spiro atoms. The van der Waals surface area contributed by atoms with E-state index in [1.807, 2.05) is 13.8 Å². The molecule has 0 radical (unpaired) electrons. The van der Waals surface area contributed by atoms with Crippen LogP contribution in [0.4, 0.5) is 4.79 Å². The van der Waals surface area contributed by atoms with Crippen LogP contribution < -0.4 is 5.32 Å². The molecule has 0 aromatic carbocycles. The number of alkyl carbamates (subject to hydrolysis) is 1. The summed E-state index contributed by atoms with van der Waals surface area (Å²) in [5.41, 5.74) is -0.581. The summed E-state index contributed by atoms with van der Waals surface area (Å²) in [7, 11) is 1.56. The molecule has 0 unspecified atom stereocenters. The van der Waals surface area contributed by atoms with Crippen molar-refractivity contribution in [2.24, 2.45) is 5.92 Å². The van der Waals surface area contributed by atoms with Crippen LogP contribution in [0.25, 0.3) is 0 Å². The third-order valence-electron chi connectivity index (χ3n) is 3.91. The fourth-order valence-electron chi connectivity index (χ4n) is 2.97. The zero-order valence-electron chi connectivity index (χ0n) is 15.2. The van der Waals surface area contributed by atoms with Gasteiger partial charge in [-0.15, -0.1) is 0 Å². The lowest BCUT2D eigenvalue weighted by Crippen LogP contribution is -2.45. The maximum Gasteiger partial charge on any atom is 0.407 e. The van der Waals surface area contributed by atoms with Gasteiger partial charge >= 0.3 is 6.09 Å². The monoisotopic (exact) mass is 347 g/mol. The Hall–Kier alpha value is -0.930. The first-order valence-electron chi connectivity index (χ1n) is 8.18. The highest BCUT2D eigenvalue weighted by Gasteiger charge is 2.56. The fourth-order valence-corrected chi connectivity index (χ4v) is 2.97. The van der Waals surface area contributed by atoms with Gasteiger partial charge in [-0.2, -0.15) is 0 Å². The summed E-state index contributed by atoms with van der Waals surface area (Å²) in [5.74, 6) is -1.11. The fraction of sp³-hybridized carbons (Fsp3) is 0.938. The summed E-state index contributed by atoms with van der Waals surface area (Å²) in [6.45, 7) is 8.99. The molecule has 0 bridgehead atoms. The highest BCUT2D eigenvalue weighted by Crippen LogP contribution is 2.40. The van der Waals surface area contributed by atoms with Crippen molar-refractivity contribution in [3.63, 3.8) is 0 Å². The molecule has 2 aliphatic heterocycles. The summed E-state index contributed by atoms with van der Waals surface area (Å²) >= 11 is 0. The number of rotatable bonds is 5. The van der Waals surface area contributed by atoms with Crippen LogP contribution in [0.1, 0.15) is 34.6 Å². The largest absolute Gasteiger partial charge is 0.444 e. The van der Waals surface area contributed by atoms with Crippen molar-refractivity contribution >= 4 is 6.09 Å². The predicted octanol–water partition coefficient (Wildman–Crippen LogP) is 1.01. The molecule has 140 valence electrons. The van der Waals surface area contributed by atoms with Crippen LogP contribution in [0.15, 0.2) is 0 Å². The predicted molar refractivity (Wildman–Crippen MR) is 84.3 cm³/mol. The third-order valence-corrected chi connectivity index (χ3v) is 3.91. The number of hydrogen-bond donors (Lipinski definition) is 2. The highest BCUT2D eigenvalue weighted by atomic mass is 16.8. The van der Waals surface area contributed by atoms with Crippen molar-refractivity contribution in [2.75, 3.05) is 20.3 Å². The van der Waals surface area contributed by atoms with Crippen LogP contribution in [0.3, 0.4) is 0 Å². The number of hydrogen-bond acceptors (Lipinski definition) is 7. The van der Waals surface area contributed by atoms with Gasteiger partial charge < -0.3 is 34.1 Å². The Kier molecular flexibility index (Phi) is 5.76. The molecule has 8 nitrogen and oxygen atoms in total. The number of aliphatic hydroxyl groups is 1. The Bertz CT molecular complexity index is 448. The van der Waals surface area contributed by atoms with Crippen molar-refractivity contribution in [3.8, 4) is 0 Å². The minimum absolute atomic E-state index is 0.177. The molecule has 2 saturated heterocycles. The van der Waals surface area contributed by atoms with Crippen LogP contribution >= 0.6 is 0 Å². The van der Waals surface area contributed by atoms with Gasteiger partial charge in [0.2, 0.25) is 0 Å². The lowest BCUT2D eigenvalue weighted by molar-refractivity contribution is -0.223. The molecule has 2 heterocycles. The quantitative estimate of drug-likeness (QED) is 0.766. The van der Waals surface area contributed by atoms with E-state index in [4.69, 9.17) is 23.7 Å². The van der Waals surface area contributed by atoms with Gasteiger partial charge in [0.05, 0.1) is 12.7 Å². The van der Waals surface area contributed by atoms with Gasteiger partial charge in [-0.1, -0.05) is 0 Å². The van der Waals surface area contributed by atoms with Gasteiger partial charge in [-0.05, 0) is 34.6 Å². The second kappa shape index (κ2) is 7.13. The van der Waals surface area contributed by atoms with Crippen LogP contribution in [-0.2, 0) is 23.7 Å². The van der Waals surface area contributed by atoms with E-state index in [0.717, 1.165) is 0 Å². The minimum Gasteiger partial charge on any atom is -0.444 e. The maximum absolute atomic E-state index is 11.8. The lowest BCUT2D eigenvalue weighted by atomic mass is 9.97. The maximum atomic E-state index is 11.8. The minimum atomic E-state index is -0.736. The molecule has 2 N–H and O–H groups in total. The number of nitrogens with one attached hydrogen (secondary N) is 1. The van der Waals surface area contributed by atoms with Gasteiger partial charge in [0.1, 0.15) is 17.8 Å². The van der Waals surface area contributed by atoms with Gasteiger partial charge in [0, 0.05) is 19.6 Å². The van der Waals surface area contributed by atoms with E-state index in [0.29, 0.717) is 0 Å². The molecule has 0 aromatic heterocycles. The molecule has 24 heavy (non-hydrogen) atoms. The number of fused-ring (bicyclic) bond motifs is 1. The normalized spacial score (nSPS) is 33.1. The van der Waals surface area contributed by atoms with Crippen LogP contribution in [0.2, 0.25) is 0 Å². The summed E-state index contributed by atoms with van der Waals surface area (Å²) < 4.78 is 28.1. The second-order valence-corrected chi connectivity index (χ2v) is 7.60. The van der Waals surface area contributed by atoms with Gasteiger partial charge in [-0.25, -0.2) is 4.79 Å². The first-order chi connectivity index (χ1) is 11.1. The highest BCUT2D eigenvalue weighted by molar-refractivity contribution is 5.67. The Labute approximate surface area is 142 Å². The van der Waals surface area contributed by atoms with E-state index < -0.39 is 36.0 Å². The Balaban J connectivity index is 1.95. The molecule has 5 atom stereocenters. The van der Waals surface area contributed by atoms with Crippen LogP contribution in [-0.4, -0.2) is 67.5 Å². The Morgan fingerprint density at radius 2 is 2.00 bits per heavy atom. The van der Waals surface area contributed by atoms with E-state index in [1.54, 1.807) is 27.9 Å². The van der Waals surface area contributed by atoms with E-state index >= 15 is 0 Å². The van der Waals surface area contributed by atoms with Crippen LogP contribution in [0.5, 0.6) is 0 Å². The SMILES string of the molecule is CO[C@H]1[C@@H]([C@H](CO)CNC(=O)OC(C)(C)C)O[C@@H]2OC(C)(C)O[C@@H]21. The van der Waals surface area contributed by atoms with Gasteiger partial charge in [0.15, 0.2) is 12.1 Å². The smallest absolute Gasteiger partial charge is 0.407 e. The van der Waals surface area contributed by atoms with Gasteiger partial charge in [0.25, 0.3) is 0 Å². The van der Waals surface area contributed by atoms with E-state index in [2.05, 4.69) is 5.32 Å². The lowest BCUT2D eigenvalue weighted by Gasteiger charge is -2.29. The first kappa shape index (κ1) is 19.4. The van der Waals surface area contributed by atoms with Gasteiger partial charge in [-0.3, -0.25) is 0 Å². The first-order valence-corrected chi connectivity index (χ1v) is 8.18. The van der Waals surface area contributed by atoms with Crippen molar-refractivity contribution in [1.29, 1.82) is 0 Å². The summed E-state index contributed by atoms with van der Waals surface area (Å²) in [5, 5.41) is 12.4. The molecule has 8 heteroatoms. The van der Waals surface area contributed by atoms with Crippen molar-refractivity contribution < 1.29 is 33.6 Å². The molecule has 0 saturated carbocycles. The number of methoxy groups -OCH3 is 1. The molecule has 0 aromatic rings. The topological polar surface area (TPSA) is 95.5 Å². The summed E-state index contributed by atoms with van der Waals surface area (Å²) in [6.07, 6.45) is -2.31. The average Bonchev–Trinajstić information content (AvgIpc) is 2.88. The molecule has 2 fully saturated rings. The Morgan fingerprint density at radius 1 is 1.33 bits per heavy atom. The molecular weight excluding hydrogens is 318 g/mol. The van der Waals surface area contributed by atoms with Crippen molar-refractivity contribution in [2.45, 2.75) is 70.6 Å². The molecule has 0 aliphatic carbocycles. The molecular formula is C16H29NO7. The number of carbonyl (C=O) groups is 1. The zero-order valence-corrected chi connectivity index (χ0v) is 15.2. The third kappa shape index (κ3) is 4.58. The average molecular weight is 347 g/mol. The van der Waals surface area contributed by atoms with E-state index in [1.165, 1.54) is 0 Å². The van der Waals surface area contributed by atoms with E-state index in [9.17, 15) is 9.90 Å². The number of aliphatic hydroxyl groups excluding tert-OH is 1. The number of ether oxygens (including phenoxy) is 5. The second-order valence-electron chi connectivity index (χ2n) is 7.60. The Morgan fingerprint density at radius 3 is 2.54 bits per heavy atom. The molecule has 2 aliphatic rings. The van der Waals surface area contributed by atoms with E-state index in [-0.39, 0.29) is 25.2 Å². The summed E-state index contributed by atoms with van der Waals surface area (Å²) in [6, 6.07) is 0. The summed E-state index contributed by atoms with van der Waals surface area (Å²) in [4.78, 5) is 11.8.